The van der Waals surface area contributed by atoms with Crippen LogP contribution in [0.1, 0.15) is 0 Å². The Hall–Kier alpha value is -1.17. The van der Waals surface area contributed by atoms with E-state index in [1.54, 1.807) is 5.43 Å². The largest absolute Gasteiger partial charge is 0.351 e. The van der Waals surface area contributed by atoms with E-state index in [2.05, 4.69) is 5.84 Å². The first-order valence-electron chi connectivity index (χ1n) is 1.40. The summed E-state index contributed by atoms with van der Waals surface area (Å²) in [5.41, 5.74) is 3.11. The molecule has 0 saturated heterocycles. The Morgan fingerprint density at radius 1 is 1.71 bits per heavy atom. The molecule has 7 heavy (non-hydrogen) atoms. The minimum absolute atomic E-state index is 0.824. The van der Waals surface area contributed by atoms with Gasteiger partial charge in [-0.2, -0.15) is 5.43 Å². The zero-order valence-corrected chi connectivity index (χ0v) is 3.34. The van der Waals surface area contributed by atoms with Crippen LogP contribution in [0.2, 0.25) is 0 Å². The Labute approximate surface area is 39.0 Å². The van der Waals surface area contributed by atoms with Crippen molar-refractivity contribution in [2.45, 2.75) is 0 Å². The second-order valence-corrected chi connectivity index (χ2v) is 0.677. The molecule has 0 bridgehead atoms. The summed E-state index contributed by atoms with van der Waals surface area (Å²) < 4.78 is 0. The number of hydrazine groups is 1. The smallest absolute Gasteiger partial charge is 0.274 e. The van der Waals surface area contributed by atoms with E-state index in [0.29, 0.717) is 0 Å². The van der Waals surface area contributed by atoms with Crippen molar-refractivity contribution in [1.29, 1.82) is 0 Å². The number of carbonyl (C=O) groups excluding carboxylic acids is 1. The van der Waals surface area contributed by atoms with E-state index in [4.69, 9.17) is 4.91 Å². The minimum Gasteiger partial charge on any atom is -0.274 e. The molecule has 6 heteroatoms. The molecule has 2 amide bonds. The third kappa shape index (κ3) is 2.64. The van der Waals surface area contributed by atoms with Gasteiger partial charge in [-0.1, -0.05) is 0 Å². The van der Waals surface area contributed by atoms with E-state index in [1.165, 1.54) is 5.43 Å². The van der Waals surface area contributed by atoms with Crippen molar-refractivity contribution >= 4 is 6.03 Å². The summed E-state index contributed by atoms with van der Waals surface area (Å²) >= 11 is 0. The van der Waals surface area contributed by atoms with Crippen LogP contribution in [0.4, 0.5) is 4.79 Å². The van der Waals surface area contributed by atoms with Crippen molar-refractivity contribution in [2.24, 2.45) is 11.1 Å². The Morgan fingerprint density at radius 2 is 2.29 bits per heavy atom. The molecule has 0 saturated carbocycles. The molecule has 0 heterocycles. The fourth-order valence-electron chi connectivity index (χ4n) is 0.0737. The molecule has 4 N–H and O–H groups in total. The molecule has 0 aromatic carbocycles. The molecule has 0 atom stereocenters. The number of hydrogen-bond donors (Lipinski definition) is 3. The van der Waals surface area contributed by atoms with Gasteiger partial charge in [-0.3, -0.25) is 5.43 Å². The molecule has 6 nitrogen and oxygen atoms in total. The van der Waals surface area contributed by atoms with Crippen molar-refractivity contribution < 1.29 is 4.79 Å². The molecule has 0 fully saturated rings. The van der Waals surface area contributed by atoms with E-state index < -0.39 is 6.03 Å². The second-order valence-electron chi connectivity index (χ2n) is 0.677. The number of carbonyl (C=O) groups is 1. The van der Waals surface area contributed by atoms with E-state index in [1.807, 2.05) is 5.29 Å². The van der Waals surface area contributed by atoms with Crippen molar-refractivity contribution in [3.8, 4) is 0 Å². The van der Waals surface area contributed by atoms with Crippen molar-refractivity contribution in [3.63, 3.8) is 0 Å². The standard InChI is InChI=1S/CH4N4O2/c2-3-1(6)4-5-7/h2H2,(H2,3,4,6,7). The molecule has 0 aliphatic rings. The van der Waals surface area contributed by atoms with Crippen LogP contribution in [-0.2, 0) is 0 Å². The Balaban J connectivity index is 3.17. The lowest BCUT2D eigenvalue weighted by Crippen LogP contribution is -2.36. The van der Waals surface area contributed by atoms with E-state index in [0.717, 1.165) is 0 Å². The first kappa shape index (κ1) is 5.83. The highest BCUT2D eigenvalue weighted by molar-refractivity contribution is 5.72. The normalized spacial score (nSPS) is 7.00. The molecule has 0 rings (SSSR count). The van der Waals surface area contributed by atoms with Gasteiger partial charge in [0.1, 0.15) is 0 Å². The number of nitrogens with one attached hydrogen (secondary N) is 2. The van der Waals surface area contributed by atoms with Crippen molar-refractivity contribution in [1.82, 2.24) is 10.9 Å². The molecule has 0 aliphatic carbocycles. The summed E-state index contributed by atoms with van der Waals surface area (Å²) in [5.74, 6) is 4.50. The Morgan fingerprint density at radius 3 is 2.43 bits per heavy atom. The Bertz CT molecular complexity index is 79.8. The van der Waals surface area contributed by atoms with Crippen LogP contribution in [0, 0.1) is 4.91 Å². The highest BCUT2D eigenvalue weighted by Gasteiger charge is 1.88. The van der Waals surface area contributed by atoms with Crippen molar-refractivity contribution in [2.75, 3.05) is 0 Å². The highest BCUT2D eigenvalue weighted by atomic mass is 16.3. The summed E-state index contributed by atoms with van der Waals surface area (Å²) in [6.07, 6.45) is 0. The number of amides is 2. The molecule has 0 radical (unpaired) electrons. The number of nitrogens with zero attached hydrogens (tertiary/aromatic N) is 1. The number of urea groups is 1. The van der Waals surface area contributed by atoms with Crippen LogP contribution in [0.15, 0.2) is 5.29 Å². The molecular formula is CH4N4O2. The number of nitroso groups, excluding NO2 is 1. The van der Waals surface area contributed by atoms with E-state index in [-0.39, 0.29) is 0 Å². The molecule has 0 aliphatic heterocycles. The van der Waals surface area contributed by atoms with Crippen LogP contribution in [-0.4, -0.2) is 6.03 Å². The number of nitrogens with two attached hydrogens (primary N) is 1. The van der Waals surface area contributed by atoms with Crippen LogP contribution in [0.5, 0.6) is 0 Å². The minimum atomic E-state index is -0.824. The Kier molecular flexibility index (Phi) is 2.53. The van der Waals surface area contributed by atoms with E-state index in [9.17, 15) is 4.79 Å². The maximum Gasteiger partial charge on any atom is 0.351 e. The highest BCUT2D eigenvalue weighted by Crippen LogP contribution is 1.54. The van der Waals surface area contributed by atoms with Crippen LogP contribution < -0.4 is 16.7 Å². The van der Waals surface area contributed by atoms with Crippen LogP contribution in [0.25, 0.3) is 0 Å². The zero-order valence-electron chi connectivity index (χ0n) is 3.34. The average molecular weight is 104 g/mol. The SMILES string of the molecule is NNC(=O)NN=O. The van der Waals surface area contributed by atoms with Gasteiger partial charge in [0.15, 0.2) is 0 Å². The topological polar surface area (TPSA) is 96.6 Å². The predicted molar refractivity (Wildman–Crippen MR) is 21.6 cm³/mol. The summed E-state index contributed by atoms with van der Waals surface area (Å²) in [6.45, 7) is 0. The third-order valence-electron chi connectivity index (χ3n) is 0.278. The quantitative estimate of drug-likeness (QED) is 0.169. The molecule has 40 valence electrons. The van der Waals surface area contributed by atoms with Gasteiger partial charge in [0.25, 0.3) is 0 Å². The molecule has 0 aromatic rings. The van der Waals surface area contributed by atoms with Gasteiger partial charge in [-0.05, 0) is 0 Å². The summed E-state index contributed by atoms with van der Waals surface area (Å²) in [5, 5.41) is 2.01. The fourth-order valence-corrected chi connectivity index (χ4v) is 0.0737. The molecule has 0 aromatic heterocycles. The van der Waals surface area contributed by atoms with Crippen LogP contribution in [0.3, 0.4) is 0 Å². The second kappa shape index (κ2) is 3.04. The van der Waals surface area contributed by atoms with Gasteiger partial charge < -0.3 is 0 Å². The lowest BCUT2D eigenvalue weighted by molar-refractivity contribution is 0.241. The maximum absolute atomic E-state index is 9.77. The first-order valence-corrected chi connectivity index (χ1v) is 1.40. The summed E-state index contributed by atoms with van der Waals surface area (Å²) in [4.78, 5) is 18.9. The average Bonchev–Trinajstić information content (AvgIpc) is 1.68. The fraction of sp³-hybridized carbons (Fsp3) is 0. The summed E-state index contributed by atoms with van der Waals surface area (Å²) in [7, 11) is 0. The molecule has 0 spiro atoms. The lowest BCUT2D eigenvalue weighted by Gasteiger charge is -1.88. The van der Waals surface area contributed by atoms with Gasteiger partial charge in [0, 0.05) is 0 Å². The monoisotopic (exact) mass is 104 g/mol. The number of rotatable bonds is 1. The first-order chi connectivity index (χ1) is 3.31. The third-order valence-corrected chi connectivity index (χ3v) is 0.278. The van der Waals surface area contributed by atoms with Gasteiger partial charge in [-0.25, -0.2) is 10.6 Å². The van der Waals surface area contributed by atoms with Crippen LogP contribution >= 0.6 is 0 Å². The van der Waals surface area contributed by atoms with Crippen molar-refractivity contribution in [3.05, 3.63) is 4.91 Å². The van der Waals surface area contributed by atoms with Gasteiger partial charge in [0.2, 0.25) is 0 Å². The van der Waals surface area contributed by atoms with Gasteiger partial charge in [-0.15, -0.1) is 4.91 Å². The summed E-state index contributed by atoms with van der Waals surface area (Å²) in [6, 6.07) is -0.824. The molecular weight excluding hydrogens is 100 g/mol. The predicted octanol–water partition coefficient (Wildman–Crippen LogP) is -1.16. The maximum atomic E-state index is 9.77. The number of hydrogen-bond acceptors (Lipinski definition) is 4. The van der Waals surface area contributed by atoms with Gasteiger partial charge in [0.05, 0.1) is 5.29 Å². The van der Waals surface area contributed by atoms with E-state index >= 15 is 0 Å². The zero-order chi connectivity index (χ0) is 5.70. The molecule has 0 unspecified atom stereocenters. The lowest BCUT2D eigenvalue weighted by atomic mass is 11.1. The van der Waals surface area contributed by atoms with Gasteiger partial charge >= 0.3 is 6.03 Å².